The van der Waals surface area contributed by atoms with Crippen LogP contribution in [0.2, 0.25) is 0 Å². The Labute approximate surface area is 205 Å². The molecule has 2 aromatic rings. The van der Waals surface area contributed by atoms with E-state index in [4.69, 9.17) is 24.7 Å². The van der Waals surface area contributed by atoms with Crippen LogP contribution in [0.5, 0.6) is 0 Å². The molecule has 2 fully saturated rings. The van der Waals surface area contributed by atoms with Crippen LogP contribution < -0.4 is 11.1 Å². The SMILES string of the molecule is CO[C@@H]1[C@H]2OC(C)(C)O[C@H]2O[C@@H]1[C@H](CC(N)=O)N(Cc1ccccc1)C(=O)NCc1ccccc1. The Kier molecular flexibility index (Phi) is 7.71. The molecule has 0 unspecified atom stereocenters. The molecule has 2 heterocycles. The van der Waals surface area contributed by atoms with Crippen LogP contribution in [0.3, 0.4) is 0 Å². The minimum atomic E-state index is -0.826. The number of ether oxygens (including phenoxy) is 4. The van der Waals surface area contributed by atoms with E-state index in [-0.39, 0.29) is 19.0 Å². The number of amides is 3. The molecule has 9 heteroatoms. The van der Waals surface area contributed by atoms with Gasteiger partial charge < -0.3 is 34.9 Å². The Morgan fingerprint density at radius 1 is 1.06 bits per heavy atom. The van der Waals surface area contributed by atoms with Crippen molar-refractivity contribution in [2.75, 3.05) is 7.11 Å². The van der Waals surface area contributed by atoms with E-state index in [1.807, 2.05) is 60.7 Å². The lowest BCUT2D eigenvalue weighted by molar-refractivity contribution is -0.223. The zero-order valence-electron chi connectivity index (χ0n) is 20.3. The lowest BCUT2D eigenvalue weighted by atomic mass is 9.98. The van der Waals surface area contributed by atoms with Crippen molar-refractivity contribution in [1.82, 2.24) is 10.2 Å². The Balaban J connectivity index is 1.61. The van der Waals surface area contributed by atoms with Crippen LogP contribution >= 0.6 is 0 Å². The maximum Gasteiger partial charge on any atom is 0.318 e. The summed E-state index contributed by atoms with van der Waals surface area (Å²) in [6.07, 6.45) is -2.54. The van der Waals surface area contributed by atoms with Gasteiger partial charge in [0.25, 0.3) is 0 Å². The number of rotatable bonds is 9. The van der Waals surface area contributed by atoms with Crippen LogP contribution in [0, 0.1) is 0 Å². The van der Waals surface area contributed by atoms with E-state index in [2.05, 4.69) is 5.32 Å². The summed E-state index contributed by atoms with van der Waals surface area (Å²) in [5.41, 5.74) is 7.50. The third-order valence-electron chi connectivity index (χ3n) is 6.23. The molecule has 4 rings (SSSR count). The second-order valence-corrected chi connectivity index (χ2v) is 9.27. The maximum atomic E-state index is 13.5. The molecular formula is C26H33N3O6. The molecule has 2 saturated heterocycles. The van der Waals surface area contributed by atoms with E-state index in [9.17, 15) is 9.59 Å². The van der Waals surface area contributed by atoms with Crippen LogP contribution in [0.4, 0.5) is 4.79 Å². The highest BCUT2D eigenvalue weighted by atomic mass is 16.8. The normalized spacial score (nSPS) is 25.6. The van der Waals surface area contributed by atoms with Gasteiger partial charge >= 0.3 is 6.03 Å². The summed E-state index contributed by atoms with van der Waals surface area (Å²) < 4.78 is 23.9. The van der Waals surface area contributed by atoms with Crippen molar-refractivity contribution < 1.29 is 28.5 Å². The number of carbonyl (C=O) groups is 2. The standard InChI is InChI=1S/C26H33N3O6/c1-26(2)34-23-22(32-3)21(33-24(23)35-26)19(14-20(27)30)29(16-18-12-8-5-9-13-18)25(31)28-15-17-10-6-4-7-11-17/h4-13,19,21-24H,14-16H2,1-3H3,(H2,27,30)(H,28,31)/t19-,21+,22-,23+,24+/m0/s1. The molecule has 2 aliphatic heterocycles. The van der Waals surface area contributed by atoms with Crippen LogP contribution in [-0.4, -0.2) is 60.4 Å². The molecule has 9 nitrogen and oxygen atoms in total. The predicted octanol–water partition coefficient (Wildman–Crippen LogP) is 2.53. The Morgan fingerprint density at radius 3 is 2.29 bits per heavy atom. The van der Waals surface area contributed by atoms with Gasteiger partial charge in [-0.1, -0.05) is 60.7 Å². The number of nitrogens with zero attached hydrogens (tertiary/aromatic N) is 1. The van der Waals surface area contributed by atoms with E-state index in [1.165, 1.54) is 0 Å². The third-order valence-corrected chi connectivity index (χ3v) is 6.23. The second kappa shape index (κ2) is 10.7. The summed E-state index contributed by atoms with van der Waals surface area (Å²) >= 11 is 0. The molecule has 0 aliphatic carbocycles. The molecule has 0 spiro atoms. The summed E-state index contributed by atoms with van der Waals surface area (Å²) in [5.74, 6) is -1.38. The van der Waals surface area contributed by atoms with Crippen LogP contribution in [0.1, 0.15) is 31.4 Å². The molecule has 2 aliphatic rings. The molecule has 0 radical (unpaired) electrons. The van der Waals surface area contributed by atoms with Gasteiger partial charge in [-0.2, -0.15) is 0 Å². The first kappa shape index (κ1) is 25.1. The zero-order chi connectivity index (χ0) is 25.0. The number of methoxy groups -OCH3 is 1. The quantitative estimate of drug-likeness (QED) is 0.567. The highest BCUT2D eigenvalue weighted by Gasteiger charge is 2.58. The number of hydrogen-bond acceptors (Lipinski definition) is 6. The van der Waals surface area contributed by atoms with Crippen molar-refractivity contribution in [2.24, 2.45) is 5.73 Å². The molecule has 0 aromatic heterocycles. The maximum absolute atomic E-state index is 13.5. The van der Waals surface area contributed by atoms with Crippen molar-refractivity contribution in [2.45, 2.75) is 69.8 Å². The van der Waals surface area contributed by atoms with Crippen LogP contribution in [-0.2, 0) is 36.8 Å². The highest BCUT2D eigenvalue weighted by molar-refractivity contribution is 5.78. The number of carbonyl (C=O) groups excluding carboxylic acids is 2. The van der Waals surface area contributed by atoms with Gasteiger partial charge in [-0.25, -0.2) is 4.79 Å². The van der Waals surface area contributed by atoms with Crippen LogP contribution in [0.25, 0.3) is 0 Å². The lowest BCUT2D eigenvalue weighted by Gasteiger charge is -2.37. The topological polar surface area (TPSA) is 112 Å². The molecule has 0 saturated carbocycles. The third kappa shape index (κ3) is 5.99. The van der Waals surface area contributed by atoms with E-state index in [1.54, 1.807) is 25.9 Å². The van der Waals surface area contributed by atoms with Gasteiger partial charge in [0.2, 0.25) is 5.91 Å². The summed E-state index contributed by atoms with van der Waals surface area (Å²) in [6, 6.07) is 18.1. The van der Waals surface area contributed by atoms with Crippen molar-refractivity contribution in [1.29, 1.82) is 0 Å². The summed E-state index contributed by atoms with van der Waals surface area (Å²) in [4.78, 5) is 27.3. The van der Waals surface area contributed by atoms with Gasteiger partial charge in [-0.15, -0.1) is 0 Å². The summed E-state index contributed by atoms with van der Waals surface area (Å²) in [5, 5.41) is 2.97. The minimum absolute atomic E-state index is 0.112. The first-order valence-electron chi connectivity index (χ1n) is 11.7. The monoisotopic (exact) mass is 483 g/mol. The first-order valence-corrected chi connectivity index (χ1v) is 11.7. The van der Waals surface area contributed by atoms with E-state index < -0.39 is 42.3 Å². The van der Waals surface area contributed by atoms with Gasteiger partial charge in [-0.05, 0) is 25.0 Å². The molecular weight excluding hydrogens is 450 g/mol. The van der Waals surface area contributed by atoms with Crippen molar-refractivity contribution in [3.8, 4) is 0 Å². The Bertz CT molecular complexity index is 1000. The number of nitrogens with one attached hydrogen (secondary N) is 1. The van der Waals surface area contributed by atoms with Crippen molar-refractivity contribution in [3.05, 3.63) is 71.8 Å². The Morgan fingerprint density at radius 2 is 1.69 bits per heavy atom. The number of primary amides is 1. The smallest absolute Gasteiger partial charge is 0.318 e. The van der Waals surface area contributed by atoms with Gasteiger partial charge in [0, 0.05) is 26.6 Å². The average Bonchev–Trinajstić information content (AvgIpc) is 3.32. The van der Waals surface area contributed by atoms with E-state index in [0.29, 0.717) is 6.54 Å². The molecule has 35 heavy (non-hydrogen) atoms. The van der Waals surface area contributed by atoms with Gasteiger partial charge in [0.05, 0.1) is 6.04 Å². The van der Waals surface area contributed by atoms with Crippen molar-refractivity contribution in [3.63, 3.8) is 0 Å². The predicted molar refractivity (Wildman–Crippen MR) is 128 cm³/mol. The number of hydrogen-bond donors (Lipinski definition) is 2. The Hall–Kier alpha value is -2.98. The zero-order valence-corrected chi connectivity index (χ0v) is 20.3. The summed E-state index contributed by atoms with van der Waals surface area (Å²) in [6.45, 7) is 4.18. The van der Waals surface area contributed by atoms with Gasteiger partial charge in [0.1, 0.15) is 18.3 Å². The van der Waals surface area contributed by atoms with Gasteiger partial charge in [0.15, 0.2) is 12.1 Å². The lowest BCUT2D eigenvalue weighted by Crippen LogP contribution is -2.55. The number of fused-ring (bicyclic) bond motifs is 1. The fourth-order valence-electron chi connectivity index (χ4n) is 4.69. The van der Waals surface area contributed by atoms with Crippen LogP contribution in [0.15, 0.2) is 60.7 Å². The van der Waals surface area contributed by atoms with Gasteiger partial charge in [-0.3, -0.25) is 4.79 Å². The molecule has 3 N–H and O–H groups in total. The molecule has 2 aromatic carbocycles. The second-order valence-electron chi connectivity index (χ2n) is 9.27. The number of urea groups is 1. The number of nitrogens with two attached hydrogens (primary N) is 1. The molecule has 188 valence electrons. The largest absolute Gasteiger partial charge is 0.376 e. The fourth-order valence-corrected chi connectivity index (χ4v) is 4.69. The molecule has 5 atom stereocenters. The first-order chi connectivity index (χ1) is 16.8. The average molecular weight is 484 g/mol. The summed E-state index contributed by atoms with van der Waals surface area (Å²) in [7, 11) is 1.55. The fraction of sp³-hybridized carbons (Fsp3) is 0.462. The van der Waals surface area contributed by atoms with E-state index in [0.717, 1.165) is 11.1 Å². The highest BCUT2D eigenvalue weighted by Crippen LogP contribution is 2.40. The van der Waals surface area contributed by atoms with E-state index >= 15 is 0 Å². The van der Waals surface area contributed by atoms with Crippen molar-refractivity contribution >= 4 is 11.9 Å². The number of benzene rings is 2. The molecule has 3 amide bonds. The molecule has 0 bridgehead atoms. The minimum Gasteiger partial charge on any atom is -0.376 e.